The van der Waals surface area contributed by atoms with Crippen LogP contribution in [0.1, 0.15) is 5.56 Å². The van der Waals surface area contributed by atoms with E-state index in [0.717, 1.165) is 5.56 Å². The Morgan fingerprint density at radius 3 is 2.73 bits per heavy atom. The zero-order chi connectivity index (χ0) is 11.0. The molecule has 78 valence electrons. The first-order valence-corrected chi connectivity index (χ1v) is 5.59. The molecule has 0 amide bonds. The molecule has 0 saturated carbocycles. The predicted octanol–water partition coefficient (Wildman–Crippen LogP) is 1.98. The molecule has 2 N–H and O–H groups in total. The van der Waals surface area contributed by atoms with Crippen LogP contribution in [0.25, 0.3) is 11.4 Å². The lowest BCUT2D eigenvalue weighted by atomic mass is 10.1. The molecule has 0 spiro atoms. The van der Waals surface area contributed by atoms with Crippen LogP contribution >= 0.6 is 22.6 Å². The van der Waals surface area contributed by atoms with Crippen molar-refractivity contribution in [1.82, 2.24) is 14.8 Å². The molecule has 15 heavy (non-hydrogen) atoms. The van der Waals surface area contributed by atoms with Gasteiger partial charge >= 0.3 is 0 Å². The number of hydrogen-bond acceptors (Lipinski definition) is 3. The number of nitrogens with zero attached hydrogens (tertiary/aromatic N) is 3. The third-order valence-electron chi connectivity index (χ3n) is 2.23. The number of aryl methyl sites for hydroxylation is 2. The Morgan fingerprint density at radius 1 is 1.40 bits per heavy atom. The summed E-state index contributed by atoms with van der Waals surface area (Å²) in [6.45, 7) is 2.07. The Morgan fingerprint density at radius 2 is 2.13 bits per heavy atom. The molecule has 0 saturated heterocycles. The van der Waals surface area contributed by atoms with Crippen LogP contribution in [0.3, 0.4) is 0 Å². The van der Waals surface area contributed by atoms with Gasteiger partial charge in [0.1, 0.15) is 0 Å². The van der Waals surface area contributed by atoms with Gasteiger partial charge in [0.15, 0.2) is 5.82 Å². The molecule has 0 fully saturated rings. The van der Waals surface area contributed by atoms with Crippen molar-refractivity contribution in [1.29, 1.82) is 0 Å². The van der Waals surface area contributed by atoms with E-state index in [1.54, 1.807) is 11.7 Å². The van der Waals surface area contributed by atoms with Crippen LogP contribution in [0.4, 0.5) is 5.95 Å². The smallest absolute Gasteiger partial charge is 0.218 e. The number of hydrogen-bond donors (Lipinski definition) is 1. The number of benzene rings is 1. The van der Waals surface area contributed by atoms with E-state index >= 15 is 0 Å². The molecule has 5 heteroatoms. The van der Waals surface area contributed by atoms with Gasteiger partial charge < -0.3 is 5.73 Å². The maximum Gasteiger partial charge on any atom is 0.218 e. The Hall–Kier alpha value is -1.11. The highest BCUT2D eigenvalue weighted by atomic mass is 127. The van der Waals surface area contributed by atoms with Crippen LogP contribution in [0.5, 0.6) is 0 Å². The summed E-state index contributed by atoms with van der Waals surface area (Å²) in [5.41, 5.74) is 7.90. The molecule has 2 aromatic rings. The molecule has 0 aliphatic carbocycles. The third kappa shape index (κ3) is 1.83. The van der Waals surface area contributed by atoms with Gasteiger partial charge in [-0.3, -0.25) is 0 Å². The summed E-state index contributed by atoms with van der Waals surface area (Å²) >= 11 is 2.30. The molecule has 0 unspecified atom stereocenters. The second-order valence-corrected chi connectivity index (χ2v) is 4.43. The first kappa shape index (κ1) is 10.4. The minimum Gasteiger partial charge on any atom is -0.368 e. The van der Waals surface area contributed by atoms with E-state index in [1.807, 2.05) is 12.1 Å². The minimum atomic E-state index is 0.433. The highest BCUT2D eigenvalue weighted by Crippen LogP contribution is 2.25. The number of nitrogen functional groups attached to an aromatic ring is 1. The van der Waals surface area contributed by atoms with Gasteiger partial charge in [-0.25, -0.2) is 4.68 Å². The lowest BCUT2D eigenvalue weighted by Crippen LogP contribution is -1.97. The summed E-state index contributed by atoms with van der Waals surface area (Å²) in [5, 5.41) is 4.26. The van der Waals surface area contributed by atoms with Crippen molar-refractivity contribution >= 4 is 28.5 Å². The first-order valence-electron chi connectivity index (χ1n) is 4.51. The van der Waals surface area contributed by atoms with E-state index in [0.29, 0.717) is 11.8 Å². The zero-order valence-corrected chi connectivity index (χ0v) is 10.7. The van der Waals surface area contributed by atoms with Gasteiger partial charge in [-0.05, 0) is 35.1 Å². The van der Waals surface area contributed by atoms with Crippen molar-refractivity contribution in [3.8, 4) is 11.4 Å². The Kier molecular flexibility index (Phi) is 2.64. The van der Waals surface area contributed by atoms with E-state index in [9.17, 15) is 0 Å². The topological polar surface area (TPSA) is 56.7 Å². The van der Waals surface area contributed by atoms with E-state index in [4.69, 9.17) is 5.73 Å². The highest BCUT2D eigenvalue weighted by Gasteiger charge is 2.10. The van der Waals surface area contributed by atoms with Gasteiger partial charge in [-0.2, -0.15) is 4.98 Å². The standard InChI is InChI=1S/C10H11IN4/c1-6-4-3-5-7(8(6)11)9-13-10(12)15(2)14-9/h3-5H,1-2H3,(H2,12,13,14). The molecular formula is C10H11IN4. The van der Waals surface area contributed by atoms with Gasteiger partial charge in [-0.1, -0.05) is 18.2 Å². The van der Waals surface area contributed by atoms with Crippen molar-refractivity contribution in [2.24, 2.45) is 7.05 Å². The number of rotatable bonds is 1. The fraction of sp³-hybridized carbons (Fsp3) is 0.200. The molecule has 0 radical (unpaired) electrons. The monoisotopic (exact) mass is 314 g/mol. The number of aromatic nitrogens is 3. The summed E-state index contributed by atoms with van der Waals surface area (Å²) in [7, 11) is 1.79. The molecule has 2 rings (SSSR count). The number of halogens is 1. The molecule has 4 nitrogen and oxygen atoms in total. The summed E-state index contributed by atoms with van der Waals surface area (Å²) in [4.78, 5) is 4.21. The Balaban J connectivity index is 2.59. The molecular weight excluding hydrogens is 303 g/mol. The SMILES string of the molecule is Cc1cccc(-c2nc(N)n(C)n2)c1I. The molecule has 0 bridgehead atoms. The van der Waals surface area contributed by atoms with Crippen molar-refractivity contribution in [2.75, 3.05) is 5.73 Å². The van der Waals surface area contributed by atoms with Crippen LogP contribution in [-0.2, 0) is 7.05 Å². The van der Waals surface area contributed by atoms with Crippen molar-refractivity contribution in [2.45, 2.75) is 6.92 Å². The lowest BCUT2D eigenvalue weighted by molar-refractivity contribution is 0.780. The fourth-order valence-electron chi connectivity index (χ4n) is 1.33. The second kappa shape index (κ2) is 3.80. The van der Waals surface area contributed by atoms with E-state index in [-0.39, 0.29) is 0 Å². The molecule has 1 aromatic carbocycles. The van der Waals surface area contributed by atoms with Crippen LogP contribution in [0.15, 0.2) is 18.2 Å². The van der Waals surface area contributed by atoms with Gasteiger partial charge in [0.05, 0.1) is 0 Å². The maximum absolute atomic E-state index is 5.65. The highest BCUT2D eigenvalue weighted by molar-refractivity contribution is 14.1. The molecule has 0 aliphatic rings. The van der Waals surface area contributed by atoms with Gasteiger partial charge in [0, 0.05) is 16.2 Å². The average Bonchev–Trinajstić information content (AvgIpc) is 2.51. The fourth-order valence-corrected chi connectivity index (χ4v) is 1.93. The Labute approximate surface area is 102 Å². The molecule has 1 heterocycles. The predicted molar refractivity (Wildman–Crippen MR) is 68.3 cm³/mol. The number of anilines is 1. The quantitative estimate of drug-likeness (QED) is 0.819. The van der Waals surface area contributed by atoms with Gasteiger partial charge in [0.2, 0.25) is 5.95 Å². The largest absolute Gasteiger partial charge is 0.368 e. The summed E-state index contributed by atoms with van der Waals surface area (Å²) in [6.07, 6.45) is 0. The third-order valence-corrected chi connectivity index (χ3v) is 3.66. The van der Waals surface area contributed by atoms with E-state index in [2.05, 4.69) is 45.7 Å². The van der Waals surface area contributed by atoms with Crippen molar-refractivity contribution in [3.05, 3.63) is 27.3 Å². The van der Waals surface area contributed by atoms with E-state index < -0.39 is 0 Å². The Bertz CT molecular complexity index is 485. The normalized spacial score (nSPS) is 10.6. The molecule has 0 aliphatic heterocycles. The lowest BCUT2D eigenvalue weighted by Gasteiger charge is -2.02. The molecule has 0 atom stereocenters. The average molecular weight is 314 g/mol. The summed E-state index contributed by atoms with van der Waals surface area (Å²) in [6, 6.07) is 6.07. The van der Waals surface area contributed by atoms with Crippen molar-refractivity contribution in [3.63, 3.8) is 0 Å². The van der Waals surface area contributed by atoms with E-state index in [1.165, 1.54) is 9.13 Å². The van der Waals surface area contributed by atoms with Crippen LogP contribution in [0, 0.1) is 10.5 Å². The second-order valence-electron chi connectivity index (χ2n) is 3.35. The van der Waals surface area contributed by atoms with Gasteiger partial charge in [0.25, 0.3) is 0 Å². The van der Waals surface area contributed by atoms with Crippen LogP contribution in [-0.4, -0.2) is 14.8 Å². The molecule has 1 aromatic heterocycles. The van der Waals surface area contributed by atoms with Crippen LogP contribution in [0.2, 0.25) is 0 Å². The first-order chi connectivity index (χ1) is 7.09. The van der Waals surface area contributed by atoms with Crippen LogP contribution < -0.4 is 5.73 Å². The summed E-state index contributed by atoms with van der Waals surface area (Å²) in [5.74, 6) is 1.12. The minimum absolute atomic E-state index is 0.433. The van der Waals surface area contributed by atoms with Crippen molar-refractivity contribution < 1.29 is 0 Å². The zero-order valence-electron chi connectivity index (χ0n) is 8.53. The summed E-state index contributed by atoms with van der Waals surface area (Å²) < 4.78 is 2.74. The maximum atomic E-state index is 5.65. The van der Waals surface area contributed by atoms with Gasteiger partial charge in [-0.15, -0.1) is 5.10 Å². The number of nitrogens with two attached hydrogens (primary N) is 1.